The molecule has 0 saturated heterocycles. The minimum Gasteiger partial charge on any atom is -0.305 e. The van der Waals surface area contributed by atoms with Gasteiger partial charge in [0.15, 0.2) is 46.5 Å². The van der Waals surface area contributed by atoms with Crippen LogP contribution in [0.4, 0.5) is 69.2 Å². The number of hydrogen-bond acceptors (Lipinski definition) is 2. The average molecular weight is 1390 g/mol. The van der Waals surface area contributed by atoms with Crippen molar-refractivity contribution in [3.63, 3.8) is 0 Å². The second-order valence-electron chi connectivity index (χ2n) is 28.2. The highest BCUT2D eigenvalue weighted by atomic mass is 19.2. The summed E-state index contributed by atoms with van der Waals surface area (Å²) in [6.45, 7) is 16.3. The van der Waals surface area contributed by atoms with Crippen LogP contribution in [0.2, 0.25) is 0 Å². The predicted molar refractivity (Wildman–Crippen MR) is 406 cm³/mol. The van der Waals surface area contributed by atoms with E-state index in [0.717, 1.165) is 128 Å². The third-order valence-electron chi connectivity index (χ3n) is 22.8. The Morgan fingerprint density at radius 3 is 1.04 bits per heavy atom. The zero-order valence-electron chi connectivity index (χ0n) is 57.6. The summed E-state index contributed by atoms with van der Waals surface area (Å²) >= 11 is 0. The molecule has 0 aliphatic heterocycles. The lowest BCUT2D eigenvalue weighted by molar-refractivity contribution is 0.457. The number of aryl methyl sites for hydroxylation is 4. The van der Waals surface area contributed by atoms with E-state index in [1.54, 1.807) is 36.4 Å². The number of rotatable bonds is 12. The lowest BCUT2D eigenvalue weighted by Gasteiger charge is -2.37. The van der Waals surface area contributed by atoms with E-state index < -0.39 is 74.2 Å². The maximum Gasteiger partial charge on any atom is 0.186 e. The van der Waals surface area contributed by atoms with Gasteiger partial charge in [-0.05, 0) is 223 Å². The lowest BCUT2D eigenvalue weighted by Crippen LogP contribution is -2.30. The van der Waals surface area contributed by atoms with Gasteiger partial charge < -0.3 is 9.80 Å². The van der Waals surface area contributed by atoms with Gasteiger partial charge >= 0.3 is 0 Å². The van der Waals surface area contributed by atoms with Crippen LogP contribution in [0.5, 0.6) is 0 Å². The molecule has 13 aromatic carbocycles. The Labute approximate surface area is 603 Å². The SMILES string of the molecule is C=Cc1ccc(C2(c3cc(C)ccc3C)c3ccccc3-c3ccc(N(c4ccc5c(c4)C4(C6=C5CCC=C6)c5ccccc5-c5ccc(N(c6ccc7c(c6)C(c6ccc(C=C)cc6)(c6cc(C)ccc6C)c6ccccc6-7)c6c(F)c(F)cc(F)c6F)cc54)c4c(F)c(F)cc(F)c4F)cc32)cc1. The summed E-state index contributed by atoms with van der Waals surface area (Å²) in [7, 11) is 0. The van der Waals surface area contributed by atoms with Crippen molar-refractivity contribution in [1.29, 1.82) is 0 Å². The molecule has 5 aliphatic carbocycles. The summed E-state index contributed by atoms with van der Waals surface area (Å²) in [6, 6.07) is 75.2. The van der Waals surface area contributed by atoms with E-state index in [9.17, 15) is 0 Å². The summed E-state index contributed by atoms with van der Waals surface area (Å²) in [5, 5.41) is 0. The molecule has 105 heavy (non-hydrogen) atoms. The van der Waals surface area contributed by atoms with E-state index >= 15 is 35.1 Å². The van der Waals surface area contributed by atoms with Crippen LogP contribution in [-0.4, -0.2) is 0 Å². The summed E-state index contributed by atoms with van der Waals surface area (Å²) < 4.78 is 136. The molecule has 13 aromatic rings. The van der Waals surface area contributed by atoms with Crippen molar-refractivity contribution < 1.29 is 35.1 Å². The van der Waals surface area contributed by atoms with Gasteiger partial charge in [0.05, 0.1) is 16.2 Å². The number of allylic oxidation sites excluding steroid dienone is 4. The van der Waals surface area contributed by atoms with Gasteiger partial charge in [-0.2, -0.15) is 0 Å². The summed E-state index contributed by atoms with van der Waals surface area (Å²) in [5.41, 5.74) is 17.5. The molecule has 0 N–H and O–H groups in total. The van der Waals surface area contributed by atoms with E-state index in [-0.39, 0.29) is 34.9 Å². The highest BCUT2D eigenvalue weighted by Crippen LogP contribution is 2.66. The van der Waals surface area contributed by atoms with Crippen molar-refractivity contribution in [3.8, 4) is 33.4 Å². The second kappa shape index (κ2) is 24.0. The fourth-order valence-corrected chi connectivity index (χ4v) is 18.3. The van der Waals surface area contributed by atoms with Gasteiger partial charge in [0, 0.05) is 34.9 Å². The van der Waals surface area contributed by atoms with Crippen LogP contribution >= 0.6 is 0 Å². The number of halogens is 8. The number of fused-ring (bicyclic) bond motifs is 15. The normalized spacial score (nSPS) is 17.4. The molecule has 18 rings (SSSR count). The molecule has 10 heteroatoms. The van der Waals surface area contributed by atoms with Gasteiger partial charge in [-0.3, -0.25) is 0 Å². The quantitative estimate of drug-likeness (QED) is 0.0888. The minimum absolute atomic E-state index is 0.130. The first-order chi connectivity index (χ1) is 50.9. The molecule has 3 atom stereocenters. The molecular weight excluding hydrogens is 1320 g/mol. The molecule has 0 amide bonds. The van der Waals surface area contributed by atoms with Gasteiger partial charge in [0.1, 0.15) is 11.4 Å². The molecule has 3 unspecified atom stereocenters. The molecule has 2 nitrogen and oxygen atoms in total. The highest BCUT2D eigenvalue weighted by Gasteiger charge is 2.55. The largest absolute Gasteiger partial charge is 0.305 e. The third-order valence-corrected chi connectivity index (χ3v) is 22.8. The highest BCUT2D eigenvalue weighted by molar-refractivity contribution is 6.00. The topological polar surface area (TPSA) is 6.48 Å². The van der Waals surface area contributed by atoms with Crippen molar-refractivity contribution in [2.24, 2.45) is 0 Å². The summed E-state index contributed by atoms with van der Waals surface area (Å²) in [4.78, 5) is 2.52. The zero-order chi connectivity index (χ0) is 72.3. The van der Waals surface area contributed by atoms with Crippen LogP contribution in [0.1, 0.15) is 113 Å². The van der Waals surface area contributed by atoms with Crippen LogP contribution in [0.25, 0.3) is 51.1 Å². The molecule has 0 radical (unpaired) electrons. The molecular formula is C95H64F8N2. The minimum atomic E-state index is -1.63. The summed E-state index contributed by atoms with van der Waals surface area (Å²) in [6.07, 6.45) is 8.91. The smallest absolute Gasteiger partial charge is 0.186 e. The van der Waals surface area contributed by atoms with Gasteiger partial charge in [-0.15, -0.1) is 0 Å². The standard InChI is InChI=1S/C95H64F8N2/c1-7-57-29-33-59(34-30-57)93(77-45-53(3)25-27-55(77)5)73-21-13-9-17-65(73)69-41-37-61(47-79(69)93)104(91-87(100)83(96)51-84(97)88(91)101)63-39-43-71-67-19-11-15-23-75(67)95(81(71)49-63)76-24-16-12-20-68(76)72-44-40-64(50-82(72)95)105(92-89(102)85(98)52-86(99)90(92)103)62-38-42-70-66-18-10-14-22-74(66)94(80(70)48-62,60-35-31-58(8-2)32-36-60)78-46-54(4)26-28-56(78)6/h7-11,13-19,21-52H,1-2,12,20H2,3-6H3. The van der Waals surface area contributed by atoms with Gasteiger partial charge in [0.25, 0.3) is 0 Å². The van der Waals surface area contributed by atoms with Gasteiger partial charge in [-0.1, -0.05) is 231 Å². The maximum absolute atomic E-state index is 17.6. The first-order valence-corrected chi connectivity index (χ1v) is 35.1. The van der Waals surface area contributed by atoms with Gasteiger partial charge in [0.2, 0.25) is 0 Å². The van der Waals surface area contributed by atoms with Gasteiger partial charge in [-0.25, -0.2) is 35.1 Å². The Morgan fingerprint density at radius 2 is 0.657 bits per heavy atom. The van der Waals surface area contributed by atoms with Crippen LogP contribution in [0, 0.1) is 74.2 Å². The lowest BCUT2D eigenvalue weighted by atomic mass is 9.66. The average Bonchev–Trinajstić information content (AvgIpc) is 1.48. The monoisotopic (exact) mass is 1380 g/mol. The Hall–Kier alpha value is -12.1. The fraction of sp³-hybridized carbons (Fsp3) is 0.0947. The molecule has 0 heterocycles. The van der Waals surface area contributed by atoms with Crippen LogP contribution in [-0.2, 0) is 16.2 Å². The van der Waals surface area contributed by atoms with Crippen molar-refractivity contribution in [2.75, 3.05) is 9.80 Å². The Morgan fingerprint density at radius 1 is 0.324 bits per heavy atom. The predicted octanol–water partition coefficient (Wildman–Crippen LogP) is 25.4. The van der Waals surface area contributed by atoms with E-state index in [0.29, 0.717) is 29.5 Å². The first kappa shape index (κ1) is 64.9. The number of nitrogens with zero attached hydrogens (tertiary/aromatic N) is 2. The molecule has 0 fully saturated rings. The summed E-state index contributed by atoms with van der Waals surface area (Å²) in [5.74, 6) is -13.0. The zero-order valence-corrected chi connectivity index (χ0v) is 57.6. The molecule has 1 spiro atoms. The van der Waals surface area contributed by atoms with Crippen molar-refractivity contribution in [2.45, 2.75) is 56.8 Å². The fourth-order valence-electron chi connectivity index (χ4n) is 18.3. The Kier molecular flexibility index (Phi) is 14.8. The molecule has 0 aromatic heterocycles. The number of hydrogen-bond donors (Lipinski definition) is 0. The number of benzene rings is 13. The van der Waals surface area contributed by atoms with Crippen molar-refractivity contribution in [3.05, 3.63) is 420 Å². The van der Waals surface area contributed by atoms with Crippen LogP contribution in [0.15, 0.2) is 274 Å². The van der Waals surface area contributed by atoms with Crippen molar-refractivity contribution >= 4 is 51.8 Å². The van der Waals surface area contributed by atoms with E-state index in [1.807, 2.05) is 135 Å². The van der Waals surface area contributed by atoms with E-state index in [2.05, 4.69) is 124 Å². The Bertz CT molecular complexity index is 5970. The van der Waals surface area contributed by atoms with Crippen molar-refractivity contribution in [1.82, 2.24) is 0 Å². The second-order valence-corrected chi connectivity index (χ2v) is 28.2. The van der Waals surface area contributed by atoms with E-state index in [1.165, 1.54) is 9.80 Å². The maximum atomic E-state index is 17.6. The Balaban J connectivity index is 0.894. The molecule has 5 aliphatic rings. The number of anilines is 6. The van der Waals surface area contributed by atoms with Crippen LogP contribution < -0.4 is 9.80 Å². The molecule has 510 valence electrons. The first-order valence-electron chi connectivity index (χ1n) is 35.1. The molecule has 0 bridgehead atoms. The molecule has 0 saturated carbocycles. The van der Waals surface area contributed by atoms with Crippen LogP contribution in [0.3, 0.4) is 0 Å². The third kappa shape index (κ3) is 9.08. The van der Waals surface area contributed by atoms with E-state index in [4.69, 9.17) is 0 Å².